The van der Waals surface area contributed by atoms with Crippen molar-refractivity contribution >= 4 is 22.9 Å². The molecule has 2 atom stereocenters. The predicted octanol–water partition coefficient (Wildman–Crippen LogP) is 1.12. The number of para-hydroxylation sites is 2. The molecule has 2 aliphatic heterocycles. The number of carbonyl (C=O) groups excluding carboxylic acids is 1. The van der Waals surface area contributed by atoms with Gasteiger partial charge in [0.15, 0.2) is 0 Å². The van der Waals surface area contributed by atoms with E-state index in [1.807, 2.05) is 42.5 Å². The van der Waals surface area contributed by atoms with E-state index in [1.165, 1.54) is 0 Å². The summed E-state index contributed by atoms with van der Waals surface area (Å²) in [6.45, 7) is 3.02. The second-order valence-corrected chi connectivity index (χ2v) is 6.86. The molecule has 128 valence electrons. The molecule has 2 aliphatic rings. The standard InChI is InChI=1S/C18H20N6O/c1-22-11-12(8-20-22)13-9-19-10-14(13)17(25)24-7-6-23-16-5-3-2-4-15(16)21-18(23)24/h2-5,8,11,13-14,19H,6-7,9-10H2,1H3/t13-,14+/m1/s1. The Morgan fingerprint density at radius 3 is 2.96 bits per heavy atom. The van der Waals surface area contributed by atoms with Crippen molar-refractivity contribution in [2.75, 3.05) is 24.5 Å². The van der Waals surface area contributed by atoms with Crippen LogP contribution < -0.4 is 10.2 Å². The molecule has 7 heteroatoms. The molecule has 3 aromatic rings. The number of amides is 1. The van der Waals surface area contributed by atoms with Crippen LogP contribution in [-0.2, 0) is 18.4 Å². The summed E-state index contributed by atoms with van der Waals surface area (Å²) in [6.07, 6.45) is 3.88. The van der Waals surface area contributed by atoms with E-state index < -0.39 is 0 Å². The number of aromatic nitrogens is 4. The third kappa shape index (κ3) is 2.19. The minimum absolute atomic E-state index is 0.0736. The molecule has 1 amide bonds. The molecule has 4 heterocycles. The number of fused-ring (bicyclic) bond motifs is 3. The summed E-state index contributed by atoms with van der Waals surface area (Å²) in [4.78, 5) is 19.8. The maximum absolute atomic E-state index is 13.3. The highest BCUT2D eigenvalue weighted by Crippen LogP contribution is 2.33. The number of hydrogen-bond donors (Lipinski definition) is 1. The summed E-state index contributed by atoms with van der Waals surface area (Å²) in [7, 11) is 1.91. The molecule has 2 aromatic heterocycles. The molecule has 0 saturated carbocycles. The van der Waals surface area contributed by atoms with Gasteiger partial charge in [-0.3, -0.25) is 14.4 Å². The fraction of sp³-hybridized carbons (Fsp3) is 0.389. The number of nitrogens with one attached hydrogen (secondary N) is 1. The maximum atomic E-state index is 13.3. The molecule has 1 saturated heterocycles. The van der Waals surface area contributed by atoms with E-state index in [4.69, 9.17) is 4.98 Å². The van der Waals surface area contributed by atoms with Crippen LogP contribution >= 0.6 is 0 Å². The summed E-state index contributed by atoms with van der Waals surface area (Å²) >= 11 is 0. The van der Waals surface area contributed by atoms with E-state index in [9.17, 15) is 4.79 Å². The van der Waals surface area contributed by atoms with Crippen LogP contribution in [0.2, 0.25) is 0 Å². The number of imidazole rings is 1. The van der Waals surface area contributed by atoms with Crippen molar-refractivity contribution < 1.29 is 4.79 Å². The minimum Gasteiger partial charge on any atom is -0.315 e. The third-order valence-electron chi connectivity index (χ3n) is 5.37. The van der Waals surface area contributed by atoms with E-state index in [1.54, 1.807) is 4.68 Å². The lowest BCUT2D eigenvalue weighted by Crippen LogP contribution is -2.38. The predicted molar refractivity (Wildman–Crippen MR) is 94.4 cm³/mol. The number of anilines is 1. The molecular formula is C18H20N6O. The van der Waals surface area contributed by atoms with Gasteiger partial charge in [-0.25, -0.2) is 4.98 Å². The van der Waals surface area contributed by atoms with Gasteiger partial charge in [0, 0.05) is 45.3 Å². The molecule has 0 aliphatic carbocycles. The maximum Gasteiger partial charge on any atom is 0.234 e. The van der Waals surface area contributed by atoms with Gasteiger partial charge < -0.3 is 9.88 Å². The Labute approximate surface area is 145 Å². The summed E-state index contributed by atoms with van der Waals surface area (Å²) in [5.41, 5.74) is 3.17. The van der Waals surface area contributed by atoms with Crippen molar-refractivity contribution in [3.63, 3.8) is 0 Å². The van der Waals surface area contributed by atoms with Gasteiger partial charge in [0.25, 0.3) is 0 Å². The van der Waals surface area contributed by atoms with E-state index in [-0.39, 0.29) is 17.7 Å². The first-order chi connectivity index (χ1) is 12.2. The number of hydrogen-bond acceptors (Lipinski definition) is 4. The van der Waals surface area contributed by atoms with Gasteiger partial charge in [-0.1, -0.05) is 12.1 Å². The Balaban J connectivity index is 1.47. The number of nitrogens with zero attached hydrogens (tertiary/aromatic N) is 5. The van der Waals surface area contributed by atoms with Gasteiger partial charge in [-0.05, 0) is 17.7 Å². The zero-order valence-corrected chi connectivity index (χ0v) is 14.1. The van der Waals surface area contributed by atoms with Crippen molar-refractivity contribution in [1.29, 1.82) is 0 Å². The molecule has 0 unspecified atom stereocenters. The molecule has 1 aromatic carbocycles. The van der Waals surface area contributed by atoms with Crippen molar-refractivity contribution in [3.05, 3.63) is 42.2 Å². The second-order valence-electron chi connectivity index (χ2n) is 6.86. The van der Waals surface area contributed by atoms with Gasteiger partial charge in [0.1, 0.15) is 0 Å². The molecule has 0 radical (unpaired) electrons. The highest BCUT2D eigenvalue weighted by molar-refractivity contribution is 5.97. The van der Waals surface area contributed by atoms with Crippen molar-refractivity contribution in [2.45, 2.75) is 12.5 Å². The first kappa shape index (κ1) is 14.7. The molecule has 5 rings (SSSR count). The smallest absolute Gasteiger partial charge is 0.234 e. The monoisotopic (exact) mass is 336 g/mol. The van der Waals surface area contributed by atoms with Gasteiger partial charge in [-0.2, -0.15) is 5.10 Å². The Kier molecular flexibility index (Phi) is 3.18. The highest BCUT2D eigenvalue weighted by Gasteiger charge is 2.40. The number of rotatable bonds is 2. The van der Waals surface area contributed by atoms with Crippen molar-refractivity contribution in [2.24, 2.45) is 13.0 Å². The molecule has 0 spiro atoms. The largest absolute Gasteiger partial charge is 0.315 e. The first-order valence-electron chi connectivity index (χ1n) is 8.68. The SMILES string of the molecule is Cn1cc([C@H]2CNC[C@@H]2C(=O)N2CCn3c2nc2ccccc23)cn1. The molecule has 7 nitrogen and oxygen atoms in total. The van der Waals surface area contributed by atoms with Crippen LogP contribution in [0.25, 0.3) is 11.0 Å². The van der Waals surface area contributed by atoms with E-state index in [0.29, 0.717) is 13.1 Å². The average molecular weight is 336 g/mol. The molecule has 0 bridgehead atoms. The summed E-state index contributed by atoms with van der Waals surface area (Å²) in [5, 5.41) is 7.64. The average Bonchev–Trinajstić information content (AvgIpc) is 3.37. The Morgan fingerprint density at radius 1 is 1.24 bits per heavy atom. The van der Waals surface area contributed by atoms with Crippen LogP contribution in [0, 0.1) is 5.92 Å². The van der Waals surface area contributed by atoms with Crippen LogP contribution in [-0.4, -0.2) is 44.9 Å². The lowest BCUT2D eigenvalue weighted by atomic mass is 9.90. The normalized spacial score (nSPS) is 22.7. The fourth-order valence-corrected chi connectivity index (χ4v) is 4.12. The van der Waals surface area contributed by atoms with Crippen molar-refractivity contribution in [3.8, 4) is 0 Å². The molecule has 1 N–H and O–H groups in total. The Morgan fingerprint density at radius 2 is 2.12 bits per heavy atom. The summed E-state index contributed by atoms with van der Waals surface area (Å²) < 4.78 is 3.94. The van der Waals surface area contributed by atoms with Crippen LogP contribution in [0.15, 0.2) is 36.7 Å². The Bertz CT molecular complexity index is 958. The fourth-order valence-electron chi connectivity index (χ4n) is 4.12. The van der Waals surface area contributed by atoms with Gasteiger partial charge in [0.2, 0.25) is 11.9 Å². The van der Waals surface area contributed by atoms with Crippen LogP contribution in [0.4, 0.5) is 5.95 Å². The van der Waals surface area contributed by atoms with E-state index in [2.05, 4.69) is 21.0 Å². The first-order valence-corrected chi connectivity index (χ1v) is 8.68. The lowest BCUT2D eigenvalue weighted by molar-refractivity contribution is -0.122. The number of benzene rings is 1. The van der Waals surface area contributed by atoms with Crippen LogP contribution in [0.1, 0.15) is 11.5 Å². The Hall–Kier alpha value is -2.67. The van der Waals surface area contributed by atoms with Crippen molar-refractivity contribution in [1.82, 2.24) is 24.6 Å². The molecular weight excluding hydrogens is 316 g/mol. The highest BCUT2D eigenvalue weighted by atomic mass is 16.2. The van der Waals surface area contributed by atoms with Crippen LogP contribution in [0.5, 0.6) is 0 Å². The third-order valence-corrected chi connectivity index (χ3v) is 5.37. The zero-order chi connectivity index (χ0) is 17.0. The minimum atomic E-state index is -0.0736. The lowest BCUT2D eigenvalue weighted by Gasteiger charge is -2.22. The topological polar surface area (TPSA) is 68.0 Å². The van der Waals surface area contributed by atoms with Gasteiger partial charge in [0.05, 0.1) is 23.1 Å². The number of aryl methyl sites for hydroxylation is 1. The van der Waals surface area contributed by atoms with E-state index >= 15 is 0 Å². The quantitative estimate of drug-likeness (QED) is 0.761. The summed E-state index contributed by atoms with van der Waals surface area (Å²) in [5.74, 6) is 1.03. The second kappa shape index (κ2) is 5.42. The zero-order valence-electron chi connectivity index (χ0n) is 14.1. The van der Waals surface area contributed by atoms with Gasteiger partial charge in [-0.15, -0.1) is 0 Å². The van der Waals surface area contributed by atoms with Gasteiger partial charge >= 0.3 is 0 Å². The molecule has 25 heavy (non-hydrogen) atoms. The van der Waals surface area contributed by atoms with E-state index in [0.717, 1.165) is 35.6 Å². The summed E-state index contributed by atoms with van der Waals surface area (Å²) in [6, 6.07) is 8.06. The number of carbonyl (C=O) groups is 1. The van der Waals surface area contributed by atoms with Crippen LogP contribution in [0.3, 0.4) is 0 Å². The molecule has 1 fully saturated rings.